The van der Waals surface area contributed by atoms with E-state index in [-0.39, 0.29) is 11.8 Å². The van der Waals surface area contributed by atoms with Crippen molar-refractivity contribution in [1.29, 1.82) is 0 Å². The fourth-order valence-electron chi connectivity index (χ4n) is 3.25. The molecule has 0 N–H and O–H groups in total. The SMILES string of the molecule is Cc1nnsc1C(=O)N1CCC[C@@H](c2nccn2Cc2cscn2)C1. The summed E-state index contributed by atoms with van der Waals surface area (Å²) in [6.45, 7) is 4.02. The highest BCUT2D eigenvalue weighted by atomic mass is 32.1. The van der Waals surface area contributed by atoms with Gasteiger partial charge in [-0.2, -0.15) is 0 Å². The molecule has 25 heavy (non-hydrogen) atoms. The molecule has 0 saturated carbocycles. The minimum atomic E-state index is 0.0369. The second-order valence-electron chi connectivity index (χ2n) is 6.17. The van der Waals surface area contributed by atoms with E-state index in [1.54, 1.807) is 11.3 Å². The van der Waals surface area contributed by atoms with Gasteiger partial charge in [-0.05, 0) is 31.3 Å². The van der Waals surface area contributed by atoms with E-state index in [1.807, 2.05) is 29.7 Å². The summed E-state index contributed by atoms with van der Waals surface area (Å²) in [6, 6.07) is 0. The van der Waals surface area contributed by atoms with Gasteiger partial charge in [0.05, 0.1) is 23.4 Å². The first kappa shape index (κ1) is 16.3. The first-order valence-electron chi connectivity index (χ1n) is 8.18. The molecule has 7 nitrogen and oxygen atoms in total. The van der Waals surface area contributed by atoms with Crippen molar-refractivity contribution in [1.82, 2.24) is 29.0 Å². The predicted octanol–water partition coefficient (Wildman–Crippen LogP) is 2.57. The van der Waals surface area contributed by atoms with Gasteiger partial charge < -0.3 is 9.47 Å². The van der Waals surface area contributed by atoms with Crippen LogP contribution in [0.5, 0.6) is 0 Å². The van der Waals surface area contributed by atoms with Crippen LogP contribution in [0.3, 0.4) is 0 Å². The molecule has 0 aliphatic carbocycles. The number of piperidine rings is 1. The molecule has 0 spiro atoms. The minimum absolute atomic E-state index is 0.0369. The molecule has 0 aromatic carbocycles. The van der Waals surface area contributed by atoms with E-state index in [0.29, 0.717) is 17.1 Å². The Morgan fingerprint density at radius 1 is 1.40 bits per heavy atom. The molecule has 1 aliphatic heterocycles. The number of carbonyl (C=O) groups is 1. The normalized spacial score (nSPS) is 17.8. The smallest absolute Gasteiger partial charge is 0.267 e. The van der Waals surface area contributed by atoms with Crippen LogP contribution in [0.2, 0.25) is 0 Å². The van der Waals surface area contributed by atoms with Crippen LogP contribution in [-0.4, -0.2) is 48.0 Å². The summed E-state index contributed by atoms with van der Waals surface area (Å²) in [5.74, 6) is 1.31. The summed E-state index contributed by atoms with van der Waals surface area (Å²) in [7, 11) is 0. The lowest BCUT2D eigenvalue weighted by Crippen LogP contribution is -2.39. The third-order valence-corrected chi connectivity index (χ3v) is 5.93. The molecule has 1 aliphatic rings. The number of hydrogen-bond acceptors (Lipinski definition) is 7. The van der Waals surface area contributed by atoms with Gasteiger partial charge in [0.25, 0.3) is 5.91 Å². The highest BCUT2D eigenvalue weighted by molar-refractivity contribution is 7.08. The summed E-state index contributed by atoms with van der Waals surface area (Å²) < 4.78 is 6.03. The maximum atomic E-state index is 12.8. The molecule has 1 amide bonds. The van der Waals surface area contributed by atoms with Crippen LogP contribution in [0.15, 0.2) is 23.3 Å². The van der Waals surface area contributed by atoms with Crippen molar-refractivity contribution in [3.05, 3.63) is 45.4 Å². The Bertz CT molecular complexity index is 856. The number of carbonyl (C=O) groups excluding carboxylic acids is 1. The molecule has 4 heterocycles. The lowest BCUT2D eigenvalue weighted by molar-refractivity contribution is 0.0707. The quantitative estimate of drug-likeness (QED) is 0.701. The van der Waals surface area contributed by atoms with Crippen molar-refractivity contribution < 1.29 is 4.79 Å². The molecule has 3 aromatic heterocycles. The Labute approximate surface area is 153 Å². The molecule has 0 bridgehead atoms. The van der Waals surface area contributed by atoms with E-state index in [0.717, 1.165) is 37.4 Å². The highest BCUT2D eigenvalue weighted by Gasteiger charge is 2.29. The van der Waals surface area contributed by atoms with Crippen LogP contribution in [0.25, 0.3) is 0 Å². The fourth-order valence-corrected chi connectivity index (χ4v) is 4.42. The third kappa shape index (κ3) is 3.34. The fraction of sp³-hybridized carbons (Fsp3) is 0.438. The molecular weight excluding hydrogens is 356 g/mol. The Hall–Kier alpha value is -2.13. The van der Waals surface area contributed by atoms with Gasteiger partial charge in [-0.15, -0.1) is 16.4 Å². The van der Waals surface area contributed by atoms with Crippen molar-refractivity contribution in [2.75, 3.05) is 13.1 Å². The van der Waals surface area contributed by atoms with E-state index >= 15 is 0 Å². The van der Waals surface area contributed by atoms with Gasteiger partial charge in [-0.3, -0.25) is 4.79 Å². The first-order chi connectivity index (χ1) is 12.2. The van der Waals surface area contributed by atoms with Crippen LogP contribution in [0.4, 0.5) is 0 Å². The molecule has 1 atom stereocenters. The number of nitrogens with zero attached hydrogens (tertiary/aromatic N) is 6. The summed E-state index contributed by atoms with van der Waals surface area (Å²) in [5, 5.41) is 6.01. The van der Waals surface area contributed by atoms with Crippen LogP contribution >= 0.6 is 22.9 Å². The van der Waals surface area contributed by atoms with Crippen molar-refractivity contribution in [2.45, 2.75) is 32.2 Å². The molecule has 9 heteroatoms. The van der Waals surface area contributed by atoms with Crippen LogP contribution in [0.1, 0.15) is 45.6 Å². The number of rotatable bonds is 4. The van der Waals surface area contributed by atoms with Gasteiger partial charge in [0.1, 0.15) is 10.7 Å². The van der Waals surface area contributed by atoms with Crippen LogP contribution in [-0.2, 0) is 6.54 Å². The maximum Gasteiger partial charge on any atom is 0.267 e. The van der Waals surface area contributed by atoms with E-state index in [1.165, 1.54) is 11.5 Å². The molecule has 0 radical (unpaired) electrons. The lowest BCUT2D eigenvalue weighted by Gasteiger charge is -2.32. The summed E-state index contributed by atoms with van der Waals surface area (Å²) in [5.41, 5.74) is 3.60. The Morgan fingerprint density at radius 3 is 3.08 bits per heavy atom. The van der Waals surface area contributed by atoms with Gasteiger partial charge in [-0.25, -0.2) is 9.97 Å². The average Bonchev–Trinajstić information content (AvgIpc) is 3.37. The van der Waals surface area contributed by atoms with E-state index in [2.05, 4.69) is 29.5 Å². The topological polar surface area (TPSA) is 76.8 Å². The summed E-state index contributed by atoms with van der Waals surface area (Å²) >= 11 is 2.77. The van der Waals surface area contributed by atoms with E-state index in [9.17, 15) is 4.79 Å². The van der Waals surface area contributed by atoms with E-state index in [4.69, 9.17) is 0 Å². The predicted molar refractivity (Wildman–Crippen MR) is 96.0 cm³/mol. The van der Waals surface area contributed by atoms with E-state index < -0.39 is 0 Å². The number of aryl methyl sites for hydroxylation is 1. The van der Waals surface area contributed by atoms with Crippen molar-refractivity contribution in [3.8, 4) is 0 Å². The van der Waals surface area contributed by atoms with Gasteiger partial charge in [0, 0.05) is 36.8 Å². The Balaban J connectivity index is 1.51. The second-order valence-corrected chi connectivity index (χ2v) is 7.64. The maximum absolute atomic E-state index is 12.8. The zero-order valence-electron chi connectivity index (χ0n) is 13.8. The summed E-state index contributed by atoms with van der Waals surface area (Å²) in [6.07, 6.45) is 5.84. The van der Waals surface area contributed by atoms with Gasteiger partial charge in [0.15, 0.2) is 0 Å². The molecule has 3 aromatic rings. The number of aromatic nitrogens is 5. The van der Waals surface area contributed by atoms with Crippen LogP contribution < -0.4 is 0 Å². The number of amides is 1. The average molecular weight is 374 g/mol. The van der Waals surface area contributed by atoms with Gasteiger partial charge >= 0.3 is 0 Å². The van der Waals surface area contributed by atoms with Crippen molar-refractivity contribution in [3.63, 3.8) is 0 Å². The largest absolute Gasteiger partial charge is 0.337 e. The second kappa shape index (κ2) is 7.01. The minimum Gasteiger partial charge on any atom is -0.337 e. The number of hydrogen-bond donors (Lipinski definition) is 0. The third-order valence-electron chi connectivity index (χ3n) is 4.48. The number of thiazole rings is 1. The zero-order valence-corrected chi connectivity index (χ0v) is 15.5. The molecule has 1 fully saturated rings. The van der Waals surface area contributed by atoms with Gasteiger partial charge in [-0.1, -0.05) is 4.49 Å². The summed E-state index contributed by atoms with van der Waals surface area (Å²) in [4.78, 5) is 24.2. The molecule has 4 rings (SSSR count). The highest BCUT2D eigenvalue weighted by Crippen LogP contribution is 2.28. The molecule has 1 saturated heterocycles. The standard InChI is InChI=1S/C16H18N6OS2/c1-11-14(25-20-19-11)16(23)22-5-2-3-12(7-22)15-17-4-6-21(15)8-13-9-24-10-18-13/h4,6,9-10,12H,2-3,5,7-8H2,1H3/t12-/m1/s1. The van der Waals surface area contributed by atoms with Crippen molar-refractivity contribution in [2.24, 2.45) is 0 Å². The Morgan fingerprint density at radius 2 is 2.32 bits per heavy atom. The number of imidazole rings is 1. The molecular formula is C16H18N6OS2. The monoisotopic (exact) mass is 374 g/mol. The lowest BCUT2D eigenvalue weighted by atomic mass is 9.97. The van der Waals surface area contributed by atoms with Crippen LogP contribution in [0, 0.1) is 6.92 Å². The zero-order chi connectivity index (χ0) is 17.2. The first-order valence-corrected chi connectivity index (χ1v) is 9.90. The number of likely N-dealkylation sites (tertiary alicyclic amines) is 1. The van der Waals surface area contributed by atoms with Crippen molar-refractivity contribution >= 4 is 28.8 Å². The molecule has 0 unspecified atom stereocenters. The van der Waals surface area contributed by atoms with Gasteiger partial charge in [0.2, 0.25) is 0 Å². The Kier molecular flexibility index (Phi) is 4.58. The molecule has 130 valence electrons.